The maximum atomic E-state index is 13.7. The summed E-state index contributed by atoms with van der Waals surface area (Å²) >= 11 is 0. The molecular weight excluding hydrogens is 463 g/mol. The van der Waals surface area contributed by atoms with Crippen LogP contribution in [0.1, 0.15) is 12.7 Å². The van der Waals surface area contributed by atoms with Crippen molar-refractivity contribution in [2.75, 3.05) is 0 Å². The average molecular weight is 472 g/mol. The van der Waals surface area contributed by atoms with Crippen molar-refractivity contribution in [3.63, 3.8) is 0 Å². The minimum Gasteiger partial charge on any atom is -0.461 e. The van der Waals surface area contributed by atoms with Crippen molar-refractivity contribution in [1.29, 1.82) is 0 Å². The van der Waals surface area contributed by atoms with E-state index in [1.54, 1.807) is 6.92 Å². The van der Waals surface area contributed by atoms with Crippen LogP contribution in [0, 0.1) is 0 Å². The van der Waals surface area contributed by atoms with Gasteiger partial charge in [-0.1, -0.05) is 6.92 Å². The monoisotopic (exact) mass is 472 g/mol. The van der Waals surface area contributed by atoms with Gasteiger partial charge in [0.2, 0.25) is 0 Å². The van der Waals surface area contributed by atoms with E-state index in [9.17, 15) is 52.7 Å². The topological polar surface area (TPSA) is 73.6 Å². The molecule has 0 saturated carbocycles. The first-order chi connectivity index (χ1) is 13.4. The second kappa shape index (κ2) is 7.06. The lowest BCUT2D eigenvalue weighted by molar-refractivity contribution is -0.382. The highest BCUT2D eigenvalue weighted by Gasteiger charge is 2.86. The zero-order valence-corrected chi connectivity index (χ0v) is 15.2. The van der Waals surface area contributed by atoms with Crippen molar-refractivity contribution in [3.05, 3.63) is 40.2 Å². The molecule has 2 aromatic rings. The minimum atomic E-state index is -7.42. The van der Waals surface area contributed by atoms with Crippen LogP contribution in [0.4, 0.5) is 39.5 Å². The van der Waals surface area contributed by atoms with Crippen molar-refractivity contribution < 1.29 is 56.5 Å². The highest BCUT2D eigenvalue weighted by Crippen LogP contribution is 2.54. The van der Waals surface area contributed by atoms with Gasteiger partial charge in [0, 0.05) is 18.6 Å². The molecule has 0 atom stereocenters. The van der Waals surface area contributed by atoms with E-state index in [-0.39, 0.29) is 17.6 Å². The Labute approximate surface area is 161 Å². The highest BCUT2D eigenvalue weighted by molar-refractivity contribution is 7.88. The van der Waals surface area contributed by atoms with Crippen molar-refractivity contribution >= 4 is 21.1 Å². The Balaban J connectivity index is 2.52. The summed E-state index contributed by atoms with van der Waals surface area (Å²) in [5, 5.41) is -7.21. The van der Waals surface area contributed by atoms with Crippen LogP contribution in [-0.2, 0) is 16.5 Å². The zero-order chi connectivity index (χ0) is 23.3. The zero-order valence-electron chi connectivity index (χ0n) is 14.4. The second-order valence-electron chi connectivity index (χ2n) is 5.79. The lowest BCUT2D eigenvalue weighted by atomic mass is 10.1. The highest BCUT2D eigenvalue weighted by atomic mass is 32.2. The van der Waals surface area contributed by atoms with Crippen LogP contribution in [0.3, 0.4) is 0 Å². The van der Waals surface area contributed by atoms with Crippen LogP contribution in [0.2, 0.25) is 0 Å². The Morgan fingerprint density at radius 1 is 0.933 bits per heavy atom. The van der Waals surface area contributed by atoms with Gasteiger partial charge in [-0.15, -0.1) is 0 Å². The van der Waals surface area contributed by atoms with Crippen LogP contribution in [0.25, 0.3) is 11.0 Å². The Morgan fingerprint density at radius 2 is 1.50 bits per heavy atom. The summed E-state index contributed by atoms with van der Waals surface area (Å²) in [6.45, 7) is 1.54. The predicted molar refractivity (Wildman–Crippen MR) is 82.3 cm³/mol. The van der Waals surface area contributed by atoms with Gasteiger partial charge in [0.05, 0.1) is 5.39 Å². The third-order valence-corrected chi connectivity index (χ3v) is 5.03. The molecule has 0 unspecified atom stereocenters. The molecule has 2 rings (SSSR count). The van der Waals surface area contributed by atoms with Gasteiger partial charge in [0.15, 0.2) is 5.43 Å². The number of aryl methyl sites for hydroxylation is 1. The second-order valence-corrected chi connectivity index (χ2v) is 7.38. The molecule has 0 bridgehead atoms. The molecule has 30 heavy (non-hydrogen) atoms. The van der Waals surface area contributed by atoms with Crippen molar-refractivity contribution in [1.82, 2.24) is 0 Å². The van der Waals surface area contributed by atoms with Crippen LogP contribution < -0.4 is 9.61 Å². The van der Waals surface area contributed by atoms with Gasteiger partial charge < -0.3 is 8.60 Å². The first-order valence-electron chi connectivity index (χ1n) is 7.60. The van der Waals surface area contributed by atoms with E-state index >= 15 is 0 Å². The molecule has 0 aliphatic rings. The number of benzene rings is 1. The molecule has 5 nitrogen and oxygen atoms in total. The smallest absolute Gasteiger partial charge is 0.460 e. The summed E-state index contributed by atoms with van der Waals surface area (Å²) in [4.78, 5) is 11.8. The summed E-state index contributed by atoms with van der Waals surface area (Å²) < 4.78 is 148. The summed E-state index contributed by atoms with van der Waals surface area (Å²) in [6, 6.07) is 2.84. The standard InChI is InChI=1S/C15H9F9O5S/c1-2-7-5-10(25)9-4-3-8(6-11(9)28-7)29-30(26,27)15(23,24)13(18,19)12(16,17)14(20,21)22/h3-6H,2H2,1H3. The lowest BCUT2D eigenvalue weighted by Crippen LogP contribution is -2.63. The Bertz CT molecular complexity index is 1120. The number of rotatable bonds is 6. The molecule has 0 radical (unpaired) electrons. The molecule has 168 valence electrons. The summed E-state index contributed by atoms with van der Waals surface area (Å²) in [5.74, 6) is -16.0. The first kappa shape index (κ1) is 23.8. The lowest BCUT2D eigenvalue weighted by Gasteiger charge is -2.32. The third kappa shape index (κ3) is 3.58. The summed E-state index contributed by atoms with van der Waals surface area (Å²) in [5.41, 5.74) is -1.09. The average Bonchev–Trinajstić information content (AvgIpc) is 2.59. The van der Waals surface area contributed by atoms with Crippen molar-refractivity contribution in [2.24, 2.45) is 0 Å². The molecule has 1 heterocycles. The fraction of sp³-hybridized carbons (Fsp3) is 0.400. The van der Waals surface area contributed by atoms with Crippen LogP contribution in [0.5, 0.6) is 5.75 Å². The molecule has 1 aromatic heterocycles. The summed E-state index contributed by atoms with van der Waals surface area (Å²) in [6.07, 6.45) is -7.04. The number of fused-ring (bicyclic) bond motifs is 1. The first-order valence-corrected chi connectivity index (χ1v) is 9.01. The number of hydrogen-bond acceptors (Lipinski definition) is 5. The van der Waals surface area contributed by atoms with Gasteiger partial charge in [-0.05, 0) is 12.1 Å². The SMILES string of the molecule is CCc1cc(=O)c2ccc(OS(=O)(=O)C(F)(F)C(F)(F)C(F)(F)C(F)(F)F)cc2o1. The van der Waals surface area contributed by atoms with Crippen LogP contribution in [-0.4, -0.2) is 31.7 Å². The Kier molecular flexibility index (Phi) is 5.61. The quantitative estimate of drug-likeness (QED) is 0.458. The molecule has 0 fully saturated rings. The molecule has 0 spiro atoms. The fourth-order valence-electron chi connectivity index (χ4n) is 2.11. The van der Waals surface area contributed by atoms with E-state index in [0.717, 1.165) is 12.1 Å². The summed E-state index contributed by atoms with van der Waals surface area (Å²) in [7, 11) is -7.09. The van der Waals surface area contributed by atoms with E-state index in [1.165, 1.54) is 0 Å². The van der Waals surface area contributed by atoms with E-state index in [4.69, 9.17) is 4.42 Å². The molecular formula is C15H9F9O5S. The fourth-order valence-corrected chi connectivity index (χ4v) is 3.01. The largest absolute Gasteiger partial charge is 0.461 e. The maximum absolute atomic E-state index is 13.7. The number of hydrogen-bond donors (Lipinski definition) is 0. The molecule has 0 amide bonds. The molecule has 0 saturated heterocycles. The Morgan fingerprint density at radius 3 is 2.00 bits per heavy atom. The van der Waals surface area contributed by atoms with Gasteiger partial charge in [0.25, 0.3) is 0 Å². The van der Waals surface area contributed by atoms with E-state index < -0.39 is 50.2 Å². The van der Waals surface area contributed by atoms with E-state index in [1.807, 2.05) is 0 Å². The minimum absolute atomic E-state index is 0.0502. The van der Waals surface area contributed by atoms with Gasteiger partial charge in [-0.3, -0.25) is 4.79 Å². The van der Waals surface area contributed by atoms with Gasteiger partial charge in [-0.2, -0.15) is 47.9 Å². The normalized spacial score (nSPS) is 14.2. The van der Waals surface area contributed by atoms with E-state index in [2.05, 4.69) is 4.18 Å². The molecule has 1 aromatic carbocycles. The maximum Gasteiger partial charge on any atom is 0.460 e. The number of alkyl halides is 9. The molecule has 15 heteroatoms. The van der Waals surface area contributed by atoms with Crippen molar-refractivity contribution in [2.45, 2.75) is 36.6 Å². The predicted octanol–water partition coefficient (Wildman–Crippen LogP) is 4.49. The van der Waals surface area contributed by atoms with Crippen LogP contribution in [0.15, 0.2) is 33.5 Å². The van der Waals surface area contributed by atoms with Gasteiger partial charge >= 0.3 is 33.4 Å². The third-order valence-electron chi connectivity index (χ3n) is 3.74. The molecule has 0 aliphatic carbocycles. The van der Waals surface area contributed by atoms with Gasteiger partial charge in [-0.25, -0.2) is 0 Å². The molecule has 0 N–H and O–H groups in total. The molecule has 0 aliphatic heterocycles. The number of halogens is 9. The van der Waals surface area contributed by atoms with E-state index in [0.29, 0.717) is 12.1 Å². The van der Waals surface area contributed by atoms with Crippen LogP contribution >= 0.6 is 0 Å². The Hall–Kier alpha value is -2.45. The van der Waals surface area contributed by atoms with Gasteiger partial charge in [0.1, 0.15) is 17.1 Å². The van der Waals surface area contributed by atoms with Crippen molar-refractivity contribution in [3.8, 4) is 5.75 Å².